The van der Waals surface area contributed by atoms with Crippen molar-refractivity contribution < 1.29 is 4.79 Å². The normalized spacial score (nSPS) is 18.9. The van der Waals surface area contributed by atoms with Gasteiger partial charge in [-0.15, -0.1) is 0 Å². The molecular weight excluding hydrogens is 332 g/mol. The van der Waals surface area contributed by atoms with Gasteiger partial charge >= 0.3 is 0 Å². The summed E-state index contributed by atoms with van der Waals surface area (Å²) < 4.78 is 2.11. The first-order valence-electron chi connectivity index (χ1n) is 9.13. The zero-order valence-electron chi connectivity index (χ0n) is 15.4. The second kappa shape index (κ2) is 5.58. The van der Waals surface area contributed by atoms with E-state index in [1.807, 2.05) is 62.6 Å². The van der Waals surface area contributed by atoms with Crippen LogP contribution < -0.4 is 4.90 Å². The minimum atomic E-state index is -0.840. The maximum atomic E-state index is 13.9. The molecular formula is C24H20N2O. The number of amides is 1. The summed E-state index contributed by atoms with van der Waals surface area (Å²) in [5, 5.41) is 1.11. The Labute approximate surface area is 158 Å². The van der Waals surface area contributed by atoms with Crippen LogP contribution >= 0.6 is 0 Å². The molecule has 0 saturated heterocycles. The number of hydrogen-bond acceptors (Lipinski definition) is 1. The number of para-hydroxylation sites is 2. The van der Waals surface area contributed by atoms with Crippen LogP contribution in [0.3, 0.4) is 0 Å². The lowest BCUT2D eigenvalue weighted by atomic mass is 9.70. The Kier molecular flexibility index (Phi) is 3.28. The molecule has 3 nitrogen and oxygen atoms in total. The molecule has 0 radical (unpaired) electrons. The number of anilines is 1. The fourth-order valence-electron chi connectivity index (χ4n) is 4.58. The van der Waals surface area contributed by atoms with E-state index in [9.17, 15) is 4.79 Å². The van der Waals surface area contributed by atoms with Gasteiger partial charge in [0.25, 0.3) is 0 Å². The van der Waals surface area contributed by atoms with Crippen LogP contribution in [-0.4, -0.2) is 17.5 Å². The summed E-state index contributed by atoms with van der Waals surface area (Å²) in [6.45, 7) is 0. The SMILES string of the molecule is CN1C(=O)C(c2ccccc2)(c2cn(C)c3ccccc23)c2ccccc21. The molecule has 0 N–H and O–H groups in total. The highest BCUT2D eigenvalue weighted by Gasteiger charge is 2.53. The van der Waals surface area contributed by atoms with Gasteiger partial charge in [0.1, 0.15) is 5.41 Å². The van der Waals surface area contributed by atoms with Crippen molar-refractivity contribution in [3.05, 3.63) is 102 Å². The van der Waals surface area contributed by atoms with Gasteiger partial charge < -0.3 is 9.47 Å². The first-order chi connectivity index (χ1) is 13.2. The largest absolute Gasteiger partial charge is 0.350 e. The second-order valence-electron chi connectivity index (χ2n) is 7.17. The van der Waals surface area contributed by atoms with Gasteiger partial charge in [-0.25, -0.2) is 0 Å². The van der Waals surface area contributed by atoms with E-state index in [-0.39, 0.29) is 5.91 Å². The van der Waals surface area contributed by atoms with E-state index < -0.39 is 5.41 Å². The number of likely N-dealkylation sites (N-methyl/N-ethyl adjacent to an activating group) is 1. The predicted octanol–water partition coefficient (Wildman–Crippen LogP) is 4.49. The number of benzene rings is 3. The number of rotatable bonds is 2. The Hall–Kier alpha value is -3.33. The first-order valence-corrected chi connectivity index (χ1v) is 9.13. The van der Waals surface area contributed by atoms with Crippen LogP contribution in [0.2, 0.25) is 0 Å². The lowest BCUT2D eigenvalue weighted by Gasteiger charge is -2.29. The second-order valence-corrected chi connectivity index (χ2v) is 7.17. The summed E-state index contributed by atoms with van der Waals surface area (Å²) in [6, 6.07) is 26.6. The van der Waals surface area contributed by atoms with Crippen LogP contribution in [-0.2, 0) is 17.3 Å². The van der Waals surface area contributed by atoms with E-state index in [0.29, 0.717) is 0 Å². The molecule has 1 unspecified atom stereocenters. The molecule has 0 fully saturated rings. The zero-order chi connectivity index (χ0) is 18.6. The van der Waals surface area contributed by atoms with Crippen molar-refractivity contribution in [1.82, 2.24) is 4.57 Å². The minimum absolute atomic E-state index is 0.0891. The van der Waals surface area contributed by atoms with Gasteiger partial charge in [-0.3, -0.25) is 4.79 Å². The van der Waals surface area contributed by atoms with Gasteiger partial charge in [-0.05, 0) is 17.7 Å². The standard InChI is InChI=1S/C24H20N2O/c1-25-16-20(18-12-6-8-14-21(18)25)24(17-10-4-3-5-11-17)19-13-7-9-15-22(19)26(2)23(24)27/h3-16H,1-2H3. The van der Waals surface area contributed by atoms with Gasteiger partial charge in [0.15, 0.2) is 0 Å². The van der Waals surface area contributed by atoms with Crippen LogP contribution in [0.5, 0.6) is 0 Å². The van der Waals surface area contributed by atoms with Gasteiger partial charge in [0, 0.05) is 48.0 Å². The third-order valence-corrected chi connectivity index (χ3v) is 5.80. The molecule has 1 atom stereocenters. The van der Waals surface area contributed by atoms with E-state index in [0.717, 1.165) is 33.3 Å². The summed E-state index contributed by atoms with van der Waals surface area (Å²) in [5.74, 6) is 0.0891. The van der Waals surface area contributed by atoms with E-state index in [2.05, 4.69) is 41.1 Å². The molecule has 4 aromatic rings. The summed E-state index contributed by atoms with van der Waals surface area (Å²) >= 11 is 0. The van der Waals surface area contributed by atoms with Crippen molar-refractivity contribution in [2.24, 2.45) is 7.05 Å². The number of carbonyl (C=O) groups excluding carboxylic acids is 1. The molecule has 132 valence electrons. The molecule has 3 heteroatoms. The third-order valence-electron chi connectivity index (χ3n) is 5.80. The fourth-order valence-corrected chi connectivity index (χ4v) is 4.58. The van der Waals surface area contributed by atoms with Gasteiger partial charge in [-0.1, -0.05) is 66.7 Å². The topological polar surface area (TPSA) is 25.2 Å². The maximum Gasteiger partial charge on any atom is 0.246 e. The Morgan fingerprint density at radius 2 is 1.41 bits per heavy atom. The van der Waals surface area contributed by atoms with Crippen molar-refractivity contribution in [2.45, 2.75) is 5.41 Å². The van der Waals surface area contributed by atoms with Crippen molar-refractivity contribution in [2.75, 3.05) is 11.9 Å². The lowest BCUT2D eigenvalue weighted by Crippen LogP contribution is -2.40. The Bertz CT molecular complexity index is 1180. The van der Waals surface area contributed by atoms with Crippen LogP contribution in [0.1, 0.15) is 16.7 Å². The summed E-state index contributed by atoms with van der Waals surface area (Å²) in [4.78, 5) is 15.7. The number of fused-ring (bicyclic) bond motifs is 2. The zero-order valence-corrected chi connectivity index (χ0v) is 15.4. The summed E-state index contributed by atoms with van der Waals surface area (Å²) in [7, 11) is 3.91. The number of aromatic nitrogens is 1. The van der Waals surface area contributed by atoms with E-state index in [1.165, 1.54) is 0 Å². The van der Waals surface area contributed by atoms with Gasteiger partial charge in [0.05, 0.1) is 0 Å². The van der Waals surface area contributed by atoms with Crippen LogP contribution in [0.4, 0.5) is 5.69 Å². The molecule has 0 saturated carbocycles. The highest BCUT2D eigenvalue weighted by molar-refractivity contribution is 6.14. The molecule has 1 aromatic heterocycles. The third kappa shape index (κ3) is 1.94. The molecule has 3 aromatic carbocycles. The quantitative estimate of drug-likeness (QED) is 0.522. The summed E-state index contributed by atoms with van der Waals surface area (Å²) in [5.41, 5.74) is 4.34. The van der Waals surface area contributed by atoms with Crippen molar-refractivity contribution in [3.63, 3.8) is 0 Å². The molecule has 2 heterocycles. The highest BCUT2D eigenvalue weighted by Crippen LogP contribution is 2.51. The Morgan fingerprint density at radius 1 is 0.741 bits per heavy atom. The minimum Gasteiger partial charge on any atom is -0.350 e. The summed E-state index contributed by atoms with van der Waals surface area (Å²) in [6.07, 6.45) is 2.12. The number of hydrogen-bond donors (Lipinski definition) is 0. The van der Waals surface area contributed by atoms with Crippen molar-refractivity contribution in [1.29, 1.82) is 0 Å². The van der Waals surface area contributed by atoms with E-state index in [1.54, 1.807) is 4.90 Å². The molecule has 0 aliphatic carbocycles. The molecule has 1 aliphatic heterocycles. The molecule has 5 rings (SSSR count). The molecule has 0 bridgehead atoms. The van der Waals surface area contributed by atoms with Gasteiger partial charge in [-0.2, -0.15) is 0 Å². The van der Waals surface area contributed by atoms with Crippen LogP contribution in [0.15, 0.2) is 85.1 Å². The maximum absolute atomic E-state index is 13.9. The van der Waals surface area contributed by atoms with E-state index in [4.69, 9.17) is 0 Å². The van der Waals surface area contributed by atoms with Crippen molar-refractivity contribution in [3.8, 4) is 0 Å². The first kappa shape index (κ1) is 15.9. The molecule has 1 aliphatic rings. The average molecular weight is 352 g/mol. The smallest absolute Gasteiger partial charge is 0.246 e. The number of aryl methyl sites for hydroxylation is 1. The number of carbonyl (C=O) groups is 1. The van der Waals surface area contributed by atoms with Gasteiger partial charge in [0.2, 0.25) is 5.91 Å². The fraction of sp³-hybridized carbons (Fsp3) is 0.125. The number of nitrogens with zero attached hydrogens (tertiary/aromatic N) is 2. The average Bonchev–Trinajstić information content (AvgIpc) is 3.17. The highest BCUT2D eigenvalue weighted by atomic mass is 16.2. The Morgan fingerprint density at radius 3 is 2.22 bits per heavy atom. The van der Waals surface area contributed by atoms with E-state index >= 15 is 0 Å². The molecule has 27 heavy (non-hydrogen) atoms. The monoisotopic (exact) mass is 352 g/mol. The molecule has 1 amide bonds. The van der Waals surface area contributed by atoms with Crippen LogP contribution in [0.25, 0.3) is 10.9 Å². The lowest BCUT2D eigenvalue weighted by molar-refractivity contribution is -0.120. The predicted molar refractivity (Wildman–Crippen MR) is 109 cm³/mol. The van der Waals surface area contributed by atoms with Crippen molar-refractivity contribution >= 4 is 22.5 Å². The van der Waals surface area contributed by atoms with Crippen LogP contribution in [0, 0.1) is 0 Å². The Balaban J connectivity index is 1.97. The molecule has 0 spiro atoms.